The summed E-state index contributed by atoms with van der Waals surface area (Å²) in [6.07, 6.45) is 1.58. The Bertz CT molecular complexity index is 1130. The van der Waals surface area contributed by atoms with Crippen LogP contribution in [0.3, 0.4) is 0 Å². The molecule has 0 atom stereocenters. The number of nitrogens with zero attached hydrogens (tertiary/aromatic N) is 5. The van der Waals surface area contributed by atoms with Crippen LogP contribution in [0.25, 0.3) is 0 Å². The molecule has 0 aliphatic carbocycles. The normalized spacial score (nSPS) is 15.3. The number of aryl methyl sites for hydroxylation is 2. The first-order chi connectivity index (χ1) is 16.4. The largest absolute Gasteiger partial charge is 0.369 e. The third kappa shape index (κ3) is 6.37. The van der Waals surface area contributed by atoms with Gasteiger partial charge < -0.3 is 9.80 Å². The van der Waals surface area contributed by atoms with E-state index in [2.05, 4.69) is 37.7 Å². The third-order valence-corrected chi connectivity index (χ3v) is 8.15. The zero-order valence-electron chi connectivity index (χ0n) is 21.7. The van der Waals surface area contributed by atoms with Crippen LogP contribution in [-0.4, -0.2) is 72.6 Å². The van der Waals surface area contributed by atoms with Crippen molar-refractivity contribution in [2.75, 3.05) is 44.2 Å². The van der Waals surface area contributed by atoms with Crippen molar-refractivity contribution in [1.29, 1.82) is 0 Å². The summed E-state index contributed by atoms with van der Waals surface area (Å²) in [5.41, 5.74) is 2.26. The standard InChI is InChI=1S/C25H38ClN5O3S/c1-7-30-17-22(25(32)29(15-18(2)3)16-19(4)5)24(27-30)35(33,34)31-12-10-28(11-13-31)23-14-21(26)9-8-20(23)6/h8-9,14,17-19H,7,10-13,15-16H2,1-6H3. The molecule has 1 aliphatic rings. The summed E-state index contributed by atoms with van der Waals surface area (Å²) in [6.45, 7) is 15.4. The Hall–Kier alpha value is -2.10. The Morgan fingerprint density at radius 1 is 1.09 bits per heavy atom. The van der Waals surface area contributed by atoms with Gasteiger partial charge in [0, 0.05) is 62.7 Å². The number of hydrogen-bond donors (Lipinski definition) is 0. The van der Waals surface area contributed by atoms with Crippen molar-refractivity contribution in [3.63, 3.8) is 0 Å². The molecule has 10 heteroatoms. The minimum Gasteiger partial charge on any atom is -0.369 e. The Labute approximate surface area is 214 Å². The smallest absolute Gasteiger partial charge is 0.263 e. The summed E-state index contributed by atoms with van der Waals surface area (Å²) in [7, 11) is -3.94. The number of benzene rings is 1. The van der Waals surface area contributed by atoms with Crippen LogP contribution < -0.4 is 4.90 Å². The first-order valence-electron chi connectivity index (χ1n) is 12.3. The number of carbonyl (C=O) groups excluding carboxylic acids is 1. The zero-order valence-corrected chi connectivity index (χ0v) is 23.2. The molecule has 1 aliphatic heterocycles. The minimum absolute atomic E-state index is 0.144. The van der Waals surface area contributed by atoms with Crippen molar-refractivity contribution in [3.05, 3.63) is 40.5 Å². The van der Waals surface area contributed by atoms with E-state index in [-0.39, 0.29) is 28.3 Å². The number of anilines is 1. The topological polar surface area (TPSA) is 78.8 Å². The van der Waals surface area contributed by atoms with Crippen molar-refractivity contribution < 1.29 is 13.2 Å². The van der Waals surface area contributed by atoms with Gasteiger partial charge in [-0.05, 0) is 43.4 Å². The summed E-state index contributed by atoms with van der Waals surface area (Å²) in [5, 5.41) is 4.86. The van der Waals surface area contributed by atoms with Crippen molar-refractivity contribution in [3.8, 4) is 0 Å². The molecule has 35 heavy (non-hydrogen) atoms. The van der Waals surface area contributed by atoms with Crippen LogP contribution in [0, 0.1) is 18.8 Å². The first kappa shape index (κ1) is 27.5. The highest BCUT2D eigenvalue weighted by Crippen LogP contribution is 2.28. The Morgan fingerprint density at radius 3 is 2.23 bits per heavy atom. The number of rotatable bonds is 9. The van der Waals surface area contributed by atoms with Gasteiger partial charge in [-0.1, -0.05) is 45.4 Å². The third-order valence-electron chi connectivity index (χ3n) is 6.08. The van der Waals surface area contributed by atoms with Crippen molar-refractivity contribution in [2.45, 2.75) is 53.1 Å². The second-order valence-corrected chi connectivity index (χ2v) is 12.3. The number of sulfonamides is 1. The minimum atomic E-state index is -3.94. The molecule has 0 unspecified atom stereocenters. The highest BCUT2D eigenvalue weighted by atomic mass is 35.5. The van der Waals surface area contributed by atoms with E-state index in [9.17, 15) is 13.2 Å². The molecule has 2 aromatic rings. The van der Waals surface area contributed by atoms with E-state index in [4.69, 9.17) is 11.6 Å². The van der Waals surface area contributed by atoms with Gasteiger partial charge in [0.25, 0.3) is 15.9 Å². The van der Waals surface area contributed by atoms with Gasteiger partial charge in [-0.3, -0.25) is 9.48 Å². The number of hydrogen-bond acceptors (Lipinski definition) is 5. The second-order valence-electron chi connectivity index (χ2n) is 10.0. The van der Waals surface area contributed by atoms with Gasteiger partial charge >= 0.3 is 0 Å². The lowest BCUT2D eigenvalue weighted by molar-refractivity contribution is 0.0711. The molecule has 1 saturated heterocycles. The SMILES string of the molecule is CCn1cc(C(=O)N(CC(C)C)CC(C)C)c(S(=O)(=O)N2CCN(c3cc(Cl)ccc3C)CC2)n1. The van der Waals surface area contributed by atoms with Crippen molar-refractivity contribution in [2.24, 2.45) is 11.8 Å². The Balaban J connectivity index is 1.87. The zero-order chi connectivity index (χ0) is 25.9. The molecule has 0 saturated carbocycles. The predicted octanol–water partition coefficient (Wildman–Crippen LogP) is 4.13. The average molecular weight is 524 g/mol. The fourth-order valence-electron chi connectivity index (χ4n) is 4.41. The van der Waals surface area contributed by atoms with Crippen LogP contribution in [-0.2, 0) is 16.6 Å². The van der Waals surface area contributed by atoms with Crippen molar-refractivity contribution >= 4 is 33.2 Å². The summed E-state index contributed by atoms with van der Waals surface area (Å²) < 4.78 is 30.4. The van der Waals surface area contributed by atoms with Crippen LogP contribution >= 0.6 is 11.6 Å². The molecule has 1 aromatic carbocycles. The number of carbonyl (C=O) groups is 1. The molecule has 3 rings (SSSR count). The van der Waals surface area contributed by atoms with Gasteiger partial charge in [0.2, 0.25) is 5.03 Å². The first-order valence-corrected chi connectivity index (χ1v) is 14.1. The monoisotopic (exact) mass is 523 g/mol. The quantitative estimate of drug-likeness (QED) is 0.494. The molecule has 2 heterocycles. The molecule has 0 N–H and O–H groups in total. The number of piperazine rings is 1. The number of amides is 1. The Kier molecular flexibility index (Phi) is 8.88. The van der Waals surface area contributed by atoms with Gasteiger partial charge in [0.1, 0.15) is 0 Å². The molecule has 194 valence electrons. The van der Waals surface area contributed by atoms with Crippen molar-refractivity contribution in [1.82, 2.24) is 19.0 Å². The van der Waals surface area contributed by atoms with E-state index < -0.39 is 10.0 Å². The molecule has 0 spiro atoms. The average Bonchev–Trinajstić information content (AvgIpc) is 3.25. The lowest BCUT2D eigenvalue weighted by Crippen LogP contribution is -2.49. The van der Waals surface area contributed by atoms with Crippen LogP contribution in [0.5, 0.6) is 0 Å². The molecule has 0 bridgehead atoms. The van der Waals surface area contributed by atoms with E-state index in [1.807, 2.05) is 32.0 Å². The van der Waals surface area contributed by atoms with E-state index in [0.717, 1.165) is 11.3 Å². The number of aromatic nitrogens is 2. The van der Waals surface area contributed by atoms with Crippen LogP contribution in [0.15, 0.2) is 29.4 Å². The van der Waals surface area contributed by atoms with Gasteiger partial charge in [-0.25, -0.2) is 8.42 Å². The maximum Gasteiger partial charge on any atom is 0.263 e. The van der Waals surface area contributed by atoms with Gasteiger partial charge in [-0.15, -0.1) is 0 Å². The number of halogens is 1. The molecule has 1 fully saturated rings. The second kappa shape index (κ2) is 11.3. The fourth-order valence-corrected chi connectivity index (χ4v) is 6.09. The van der Waals surface area contributed by atoms with E-state index >= 15 is 0 Å². The van der Waals surface area contributed by atoms with E-state index in [0.29, 0.717) is 50.8 Å². The molecule has 1 aromatic heterocycles. The molecule has 0 radical (unpaired) electrons. The Morgan fingerprint density at radius 2 is 1.69 bits per heavy atom. The van der Waals surface area contributed by atoms with Crippen LogP contribution in [0.4, 0.5) is 5.69 Å². The molecule has 1 amide bonds. The lowest BCUT2D eigenvalue weighted by Gasteiger charge is -2.36. The van der Waals surface area contributed by atoms with E-state index in [1.165, 1.54) is 8.99 Å². The fraction of sp³-hybridized carbons (Fsp3) is 0.600. The molecule has 8 nitrogen and oxygen atoms in total. The van der Waals surface area contributed by atoms with Gasteiger partial charge in [0.05, 0.1) is 5.56 Å². The maximum atomic E-state index is 13.7. The van der Waals surface area contributed by atoms with Gasteiger partial charge in [0.15, 0.2) is 0 Å². The summed E-state index contributed by atoms with van der Waals surface area (Å²) in [5.74, 6) is 0.253. The van der Waals surface area contributed by atoms with Crippen LogP contribution in [0.2, 0.25) is 5.02 Å². The highest BCUT2D eigenvalue weighted by Gasteiger charge is 2.36. The molecular formula is C25H38ClN5O3S. The van der Waals surface area contributed by atoms with Crippen LogP contribution in [0.1, 0.15) is 50.5 Å². The highest BCUT2D eigenvalue weighted by molar-refractivity contribution is 7.89. The summed E-state index contributed by atoms with van der Waals surface area (Å²) in [4.78, 5) is 17.5. The van der Waals surface area contributed by atoms with E-state index in [1.54, 1.807) is 11.1 Å². The summed E-state index contributed by atoms with van der Waals surface area (Å²) in [6, 6.07) is 5.74. The molecular weight excluding hydrogens is 486 g/mol. The lowest BCUT2D eigenvalue weighted by atomic mass is 10.1. The maximum absolute atomic E-state index is 13.7. The predicted molar refractivity (Wildman–Crippen MR) is 141 cm³/mol. The summed E-state index contributed by atoms with van der Waals surface area (Å²) >= 11 is 6.19. The van der Waals surface area contributed by atoms with Gasteiger partial charge in [-0.2, -0.15) is 9.40 Å².